The molecule has 0 atom stereocenters. The van der Waals surface area contributed by atoms with Crippen LogP contribution in [-0.2, 0) is 27.6 Å². The van der Waals surface area contributed by atoms with Gasteiger partial charge in [0.05, 0.1) is 5.75 Å². The van der Waals surface area contributed by atoms with Crippen LogP contribution < -0.4 is 0 Å². The third-order valence-corrected chi connectivity index (χ3v) is 4.52. The molecule has 0 heterocycles. The van der Waals surface area contributed by atoms with Crippen molar-refractivity contribution in [1.29, 1.82) is 0 Å². The van der Waals surface area contributed by atoms with Crippen LogP contribution in [0.1, 0.15) is 29.5 Å². The van der Waals surface area contributed by atoms with Crippen LogP contribution >= 0.6 is 26.6 Å². The highest BCUT2D eigenvalue weighted by Crippen LogP contribution is 2.30. The van der Waals surface area contributed by atoms with Gasteiger partial charge in [0.25, 0.3) is 0 Å². The summed E-state index contributed by atoms with van der Waals surface area (Å²) >= 11 is 3.50. The molecule has 0 bridgehead atoms. The molecule has 0 spiro atoms. The first-order valence-corrected chi connectivity index (χ1v) is 8.45. The van der Waals surface area contributed by atoms with Gasteiger partial charge in [-0.3, -0.25) is 0 Å². The van der Waals surface area contributed by atoms with E-state index in [-0.39, 0.29) is 5.75 Å². The van der Waals surface area contributed by atoms with E-state index in [0.29, 0.717) is 0 Å². The quantitative estimate of drug-likeness (QED) is 0.782. The second-order valence-corrected chi connectivity index (χ2v) is 7.74. The van der Waals surface area contributed by atoms with Crippen LogP contribution in [-0.4, -0.2) is 8.42 Å². The monoisotopic (exact) mass is 322 g/mol. The summed E-state index contributed by atoms with van der Waals surface area (Å²) in [5.41, 5.74) is 3.35. The van der Waals surface area contributed by atoms with Crippen molar-refractivity contribution >= 4 is 35.7 Å². The highest BCUT2D eigenvalue weighted by atomic mass is 79.9. The Hall–Kier alpha value is -0.0600. The Morgan fingerprint density at radius 2 is 1.94 bits per heavy atom. The maximum absolute atomic E-state index is 11.0. The minimum Gasteiger partial charge on any atom is -0.212 e. The Bertz CT molecular complexity index is 511. The van der Waals surface area contributed by atoms with Crippen molar-refractivity contribution in [1.82, 2.24) is 0 Å². The molecule has 1 aliphatic carbocycles. The van der Waals surface area contributed by atoms with Crippen molar-refractivity contribution < 1.29 is 8.42 Å². The molecule has 0 radical (unpaired) electrons. The summed E-state index contributed by atoms with van der Waals surface area (Å²) in [6.07, 6.45) is 4.49. The first-order chi connectivity index (χ1) is 7.46. The lowest BCUT2D eigenvalue weighted by Gasteiger charge is -2.18. The van der Waals surface area contributed by atoms with Gasteiger partial charge >= 0.3 is 0 Å². The van der Waals surface area contributed by atoms with E-state index in [2.05, 4.69) is 15.9 Å². The molecule has 0 amide bonds. The zero-order chi connectivity index (χ0) is 11.8. The van der Waals surface area contributed by atoms with E-state index in [0.717, 1.165) is 22.9 Å². The topological polar surface area (TPSA) is 34.1 Å². The van der Waals surface area contributed by atoms with E-state index in [9.17, 15) is 8.42 Å². The lowest BCUT2D eigenvalue weighted by Crippen LogP contribution is -2.05. The Labute approximate surface area is 109 Å². The van der Waals surface area contributed by atoms with Gasteiger partial charge in [0, 0.05) is 15.2 Å². The molecular formula is C11H12BrClO2S. The molecule has 16 heavy (non-hydrogen) atoms. The predicted molar refractivity (Wildman–Crippen MR) is 69.3 cm³/mol. The van der Waals surface area contributed by atoms with Gasteiger partial charge in [0.2, 0.25) is 9.05 Å². The van der Waals surface area contributed by atoms with E-state index < -0.39 is 9.05 Å². The Morgan fingerprint density at radius 1 is 1.25 bits per heavy atom. The predicted octanol–water partition coefficient (Wildman–Crippen LogP) is 3.40. The van der Waals surface area contributed by atoms with Gasteiger partial charge in [-0.1, -0.05) is 22.0 Å². The SMILES string of the molecule is O=S(=O)(Cl)Cc1cc(Br)c2c(c1)CCCC2. The second kappa shape index (κ2) is 4.67. The van der Waals surface area contributed by atoms with Gasteiger partial charge in [0.1, 0.15) is 0 Å². The fraction of sp³-hybridized carbons (Fsp3) is 0.455. The number of hydrogen-bond donors (Lipinski definition) is 0. The fourth-order valence-corrected chi connectivity index (χ4v) is 3.85. The Kier molecular flexibility index (Phi) is 3.62. The van der Waals surface area contributed by atoms with Crippen LogP contribution in [0.3, 0.4) is 0 Å². The first kappa shape index (κ1) is 12.4. The van der Waals surface area contributed by atoms with Gasteiger partial charge in [-0.25, -0.2) is 8.42 Å². The van der Waals surface area contributed by atoms with Crippen molar-refractivity contribution in [3.05, 3.63) is 33.3 Å². The van der Waals surface area contributed by atoms with Crippen LogP contribution in [0.25, 0.3) is 0 Å². The summed E-state index contributed by atoms with van der Waals surface area (Å²) < 4.78 is 23.1. The standard InChI is InChI=1S/C11H12BrClO2S/c12-11-6-8(7-16(13,14)15)5-9-3-1-2-4-10(9)11/h5-6H,1-4,7H2. The van der Waals surface area contributed by atoms with E-state index in [4.69, 9.17) is 10.7 Å². The summed E-state index contributed by atoms with van der Waals surface area (Å²) in [4.78, 5) is 0. The minimum absolute atomic E-state index is 0.0968. The molecule has 0 fully saturated rings. The largest absolute Gasteiger partial charge is 0.236 e. The highest BCUT2D eigenvalue weighted by Gasteiger charge is 2.15. The Morgan fingerprint density at radius 3 is 2.62 bits per heavy atom. The molecule has 0 aliphatic heterocycles. The molecular weight excluding hydrogens is 312 g/mol. The first-order valence-electron chi connectivity index (χ1n) is 5.18. The summed E-state index contributed by atoms with van der Waals surface area (Å²) in [5, 5.41) is 0. The lowest BCUT2D eigenvalue weighted by molar-refractivity contribution is 0.608. The number of benzene rings is 1. The zero-order valence-corrected chi connectivity index (χ0v) is 11.8. The molecule has 2 nitrogen and oxygen atoms in total. The van der Waals surface area contributed by atoms with Crippen LogP contribution in [0.2, 0.25) is 0 Å². The van der Waals surface area contributed by atoms with Crippen LogP contribution in [0, 0.1) is 0 Å². The molecule has 1 aromatic carbocycles. The molecule has 0 aromatic heterocycles. The van der Waals surface area contributed by atoms with Gasteiger partial charge in [-0.2, -0.15) is 0 Å². The van der Waals surface area contributed by atoms with E-state index in [1.807, 2.05) is 12.1 Å². The summed E-state index contributed by atoms with van der Waals surface area (Å²) in [5.74, 6) is -0.0968. The van der Waals surface area contributed by atoms with Crippen molar-refractivity contribution in [2.24, 2.45) is 0 Å². The van der Waals surface area contributed by atoms with Crippen LogP contribution in [0.15, 0.2) is 16.6 Å². The van der Waals surface area contributed by atoms with E-state index >= 15 is 0 Å². The number of fused-ring (bicyclic) bond motifs is 1. The lowest BCUT2D eigenvalue weighted by atomic mass is 9.91. The molecule has 1 aromatic rings. The van der Waals surface area contributed by atoms with E-state index in [1.165, 1.54) is 24.0 Å². The van der Waals surface area contributed by atoms with Gasteiger partial charge < -0.3 is 0 Å². The second-order valence-electron chi connectivity index (χ2n) is 4.11. The summed E-state index contributed by atoms with van der Waals surface area (Å²) in [6.45, 7) is 0. The summed E-state index contributed by atoms with van der Waals surface area (Å²) in [7, 11) is 1.79. The van der Waals surface area contributed by atoms with E-state index in [1.54, 1.807) is 0 Å². The number of rotatable bonds is 2. The van der Waals surface area contributed by atoms with Gasteiger partial charge in [0.15, 0.2) is 0 Å². The number of aryl methyl sites for hydroxylation is 1. The maximum Gasteiger partial charge on any atom is 0.236 e. The minimum atomic E-state index is -3.47. The molecule has 1 aliphatic rings. The van der Waals surface area contributed by atoms with Crippen molar-refractivity contribution in [3.8, 4) is 0 Å². The number of hydrogen-bond acceptors (Lipinski definition) is 2. The smallest absolute Gasteiger partial charge is 0.212 e. The average molecular weight is 324 g/mol. The molecule has 2 rings (SSSR count). The van der Waals surface area contributed by atoms with Crippen molar-refractivity contribution in [2.75, 3.05) is 0 Å². The normalized spacial score (nSPS) is 15.9. The third-order valence-electron chi connectivity index (χ3n) is 2.81. The zero-order valence-electron chi connectivity index (χ0n) is 8.67. The summed E-state index contributed by atoms with van der Waals surface area (Å²) in [6, 6.07) is 3.84. The average Bonchev–Trinajstić information content (AvgIpc) is 2.15. The molecule has 0 saturated heterocycles. The van der Waals surface area contributed by atoms with Crippen molar-refractivity contribution in [2.45, 2.75) is 31.4 Å². The maximum atomic E-state index is 11.0. The molecule has 5 heteroatoms. The highest BCUT2D eigenvalue weighted by molar-refractivity contribution is 9.10. The molecule has 88 valence electrons. The van der Waals surface area contributed by atoms with Crippen molar-refractivity contribution in [3.63, 3.8) is 0 Å². The van der Waals surface area contributed by atoms with Gasteiger partial charge in [-0.15, -0.1) is 0 Å². The third kappa shape index (κ3) is 2.99. The molecule has 0 N–H and O–H groups in total. The van der Waals surface area contributed by atoms with Crippen LogP contribution in [0.5, 0.6) is 0 Å². The Balaban J connectivity index is 2.39. The molecule has 0 unspecified atom stereocenters. The fourth-order valence-electron chi connectivity index (χ4n) is 2.16. The van der Waals surface area contributed by atoms with Crippen LogP contribution in [0.4, 0.5) is 0 Å². The number of halogens is 2. The molecule has 0 saturated carbocycles. The van der Waals surface area contributed by atoms with Gasteiger partial charge in [-0.05, 0) is 48.4 Å².